The van der Waals surface area contributed by atoms with E-state index < -0.39 is 0 Å². The van der Waals surface area contributed by atoms with Gasteiger partial charge in [-0.3, -0.25) is 9.69 Å². The average Bonchev–Trinajstić information content (AvgIpc) is 2.34. The zero-order valence-electron chi connectivity index (χ0n) is 10.6. The minimum Gasteiger partial charge on any atom is -0.355 e. The van der Waals surface area contributed by atoms with Crippen LogP contribution in [0.5, 0.6) is 0 Å². The minimum atomic E-state index is 0.161. The van der Waals surface area contributed by atoms with E-state index in [2.05, 4.69) is 29.4 Å². The molecule has 4 nitrogen and oxygen atoms in total. The van der Waals surface area contributed by atoms with E-state index in [1.54, 1.807) is 0 Å². The van der Waals surface area contributed by atoms with E-state index >= 15 is 0 Å². The molecular formula is C12H25N3O. The normalized spacial score (nSPS) is 21.1. The van der Waals surface area contributed by atoms with E-state index in [9.17, 15) is 4.79 Å². The third-order valence-electron chi connectivity index (χ3n) is 3.11. The number of hydrogen-bond donors (Lipinski definition) is 2. The maximum atomic E-state index is 11.6. The molecule has 2 N–H and O–H groups in total. The monoisotopic (exact) mass is 227 g/mol. The molecule has 1 unspecified atom stereocenters. The number of hydrogen-bond acceptors (Lipinski definition) is 3. The molecule has 1 amide bonds. The fourth-order valence-corrected chi connectivity index (χ4v) is 2.15. The summed E-state index contributed by atoms with van der Waals surface area (Å²) in [4.78, 5) is 13.9. The number of nitrogens with one attached hydrogen (secondary N) is 2. The number of carbonyl (C=O) groups excluding carboxylic acids is 1. The smallest absolute Gasteiger partial charge is 0.234 e. The third-order valence-corrected chi connectivity index (χ3v) is 3.11. The molecule has 94 valence electrons. The third kappa shape index (κ3) is 4.49. The van der Waals surface area contributed by atoms with Crippen LogP contribution < -0.4 is 10.6 Å². The van der Waals surface area contributed by atoms with Crippen LogP contribution in [0.1, 0.15) is 33.1 Å². The van der Waals surface area contributed by atoms with Crippen molar-refractivity contribution in [3.63, 3.8) is 0 Å². The molecule has 0 aromatic heterocycles. The van der Waals surface area contributed by atoms with Gasteiger partial charge in [0.15, 0.2) is 0 Å². The molecule has 0 bridgehead atoms. The Kier molecular flexibility index (Phi) is 6.42. The van der Waals surface area contributed by atoms with Crippen LogP contribution in [0.2, 0.25) is 0 Å². The zero-order valence-corrected chi connectivity index (χ0v) is 10.6. The maximum absolute atomic E-state index is 11.6. The van der Waals surface area contributed by atoms with Gasteiger partial charge < -0.3 is 10.6 Å². The molecule has 4 heteroatoms. The fraction of sp³-hybridized carbons (Fsp3) is 0.917. The van der Waals surface area contributed by atoms with Crippen molar-refractivity contribution in [2.75, 3.05) is 32.7 Å². The number of amides is 1. The van der Waals surface area contributed by atoms with E-state index in [4.69, 9.17) is 0 Å². The first-order chi connectivity index (χ1) is 7.77. The molecule has 0 spiro atoms. The Balaban J connectivity index is 2.32. The molecule has 16 heavy (non-hydrogen) atoms. The molecule has 1 aliphatic rings. The highest BCUT2D eigenvalue weighted by Crippen LogP contribution is 2.09. The minimum absolute atomic E-state index is 0.161. The molecule has 1 atom stereocenters. The number of carbonyl (C=O) groups is 1. The largest absolute Gasteiger partial charge is 0.355 e. The Morgan fingerprint density at radius 3 is 2.88 bits per heavy atom. The van der Waals surface area contributed by atoms with Crippen molar-refractivity contribution in [1.29, 1.82) is 0 Å². The molecule has 0 saturated carbocycles. The van der Waals surface area contributed by atoms with Crippen molar-refractivity contribution in [3.05, 3.63) is 0 Å². The van der Waals surface area contributed by atoms with Gasteiger partial charge in [-0.2, -0.15) is 0 Å². The Hall–Kier alpha value is -0.610. The van der Waals surface area contributed by atoms with Gasteiger partial charge in [-0.25, -0.2) is 0 Å². The standard InChI is InChI=1S/C12H25N3O/c1-3-7-14-12(16)10-15(4-2)11-6-5-8-13-9-11/h11,13H,3-10H2,1-2H3,(H,14,16). The van der Waals surface area contributed by atoms with Crippen LogP contribution in [0, 0.1) is 0 Å². The van der Waals surface area contributed by atoms with Gasteiger partial charge in [0.25, 0.3) is 0 Å². The Bertz CT molecular complexity index is 202. The lowest BCUT2D eigenvalue weighted by atomic mass is 10.1. The molecule has 0 radical (unpaired) electrons. The second kappa shape index (κ2) is 7.63. The van der Waals surface area contributed by atoms with Crippen LogP contribution in [-0.2, 0) is 4.79 Å². The van der Waals surface area contributed by atoms with Crippen molar-refractivity contribution in [1.82, 2.24) is 15.5 Å². The summed E-state index contributed by atoms with van der Waals surface area (Å²) >= 11 is 0. The summed E-state index contributed by atoms with van der Waals surface area (Å²) in [6.07, 6.45) is 3.43. The molecule has 0 aliphatic carbocycles. The van der Waals surface area contributed by atoms with E-state index in [-0.39, 0.29) is 5.91 Å². The van der Waals surface area contributed by atoms with E-state index in [0.29, 0.717) is 12.6 Å². The van der Waals surface area contributed by atoms with Gasteiger partial charge >= 0.3 is 0 Å². The topological polar surface area (TPSA) is 44.4 Å². The van der Waals surface area contributed by atoms with Crippen LogP contribution >= 0.6 is 0 Å². The number of piperidine rings is 1. The summed E-state index contributed by atoms with van der Waals surface area (Å²) < 4.78 is 0. The van der Waals surface area contributed by atoms with Crippen LogP contribution in [0.3, 0.4) is 0 Å². The van der Waals surface area contributed by atoms with Crippen LogP contribution in [0.25, 0.3) is 0 Å². The highest BCUT2D eigenvalue weighted by molar-refractivity contribution is 5.78. The first-order valence-electron chi connectivity index (χ1n) is 6.49. The molecule has 1 rings (SSSR count). The van der Waals surface area contributed by atoms with Gasteiger partial charge in [-0.15, -0.1) is 0 Å². The van der Waals surface area contributed by atoms with Crippen molar-refractivity contribution >= 4 is 5.91 Å². The number of nitrogens with zero attached hydrogens (tertiary/aromatic N) is 1. The Labute approximate surface area is 98.8 Å². The van der Waals surface area contributed by atoms with Crippen molar-refractivity contribution < 1.29 is 4.79 Å². The SMILES string of the molecule is CCCNC(=O)CN(CC)C1CCCNC1. The van der Waals surface area contributed by atoms with Gasteiger partial charge in [0.05, 0.1) is 6.54 Å². The fourth-order valence-electron chi connectivity index (χ4n) is 2.15. The first-order valence-corrected chi connectivity index (χ1v) is 6.49. The predicted molar refractivity (Wildman–Crippen MR) is 66.4 cm³/mol. The molecular weight excluding hydrogens is 202 g/mol. The number of rotatable bonds is 6. The summed E-state index contributed by atoms with van der Waals surface area (Å²) in [5.74, 6) is 0.161. The molecule has 1 aliphatic heterocycles. The van der Waals surface area contributed by atoms with Gasteiger partial charge in [0, 0.05) is 19.1 Å². The van der Waals surface area contributed by atoms with Crippen LogP contribution in [0.15, 0.2) is 0 Å². The van der Waals surface area contributed by atoms with Gasteiger partial charge in [0.1, 0.15) is 0 Å². The van der Waals surface area contributed by atoms with Gasteiger partial charge in [-0.05, 0) is 32.4 Å². The van der Waals surface area contributed by atoms with Crippen molar-refractivity contribution in [2.24, 2.45) is 0 Å². The molecule has 1 saturated heterocycles. The van der Waals surface area contributed by atoms with E-state index in [1.807, 2.05) is 0 Å². The predicted octanol–water partition coefficient (Wildman–Crippen LogP) is 0.587. The number of likely N-dealkylation sites (N-methyl/N-ethyl adjacent to an activating group) is 1. The summed E-state index contributed by atoms with van der Waals surface area (Å²) in [5, 5.41) is 6.33. The molecule has 1 fully saturated rings. The molecule has 0 aromatic carbocycles. The van der Waals surface area contributed by atoms with Gasteiger partial charge in [-0.1, -0.05) is 13.8 Å². The summed E-state index contributed by atoms with van der Waals surface area (Å²) in [6, 6.07) is 0.533. The zero-order chi connectivity index (χ0) is 11.8. The van der Waals surface area contributed by atoms with Crippen LogP contribution in [0.4, 0.5) is 0 Å². The van der Waals surface area contributed by atoms with E-state index in [1.165, 1.54) is 12.8 Å². The van der Waals surface area contributed by atoms with Crippen molar-refractivity contribution in [2.45, 2.75) is 39.2 Å². The van der Waals surface area contributed by atoms with E-state index in [0.717, 1.165) is 32.6 Å². The average molecular weight is 227 g/mol. The molecule has 0 aromatic rings. The van der Waals surface area contributed by atoms with Gasteiger partial charge in [0.2, 0.25) is 5.91 Å². The highest BCUT2D eigenvalue weighted by Gasteiger charge is 2.21. The van der Waals surface area contributed by atoms with Crippen LogP contribution in [-0.4, -0.2) is 49.6 Å². The lowest BCUT2D eigenvalue weighted by Crippen LogP contribution is -2.49. The first kappa shape index (κ1) is 13.5. The summed E-state index contributed by atoms with van der Waals surface area (Å²) in [7, 11) is 0. The summed E-state index contributed by atoms with van der Waals surface area (Å²) in [5.41, 5.74) is 0. The van der Waals surface area contributed by atoms with Crippen molar-refractivity contribution in [3.8, 4) is 0 Å². The maximum Gasteiger partial charge on any atom is 0.234 e. The lowest BCUT2D eigenvalue weighted by molar-refractivity contribution is -0.122. The second-order valence-corrected chi connectivity index (χ2v) is 4.41. The quantitative estimate of drug-likeness (QED) is 0.698. The highest BCUT2D eigenvalue weighted by atomic mass is 16.2. The summed E-state index contributed by atoms with van der Waals surface area (Å²) in [6.45, 7) is 8.63. The lowest BCUT2D eigenvalue weighted by Gasteiger charge is -2.33. The Morgan fingerprint density at radius 2 is 2.31 bits per heavy atom. The second-order valence-electron chi connectivity index (χ2n) is 4.41. The Morgan fingerprint density at radius 1 is 1.50 bits per heavy atom. The molecule has 1 heterocycles.